The van der Waals surface area contributed by atoms with Crippen LogP contribution in [0.15, 0.2) is 18.2 Å². The van der Waals surface area contributed by atoms with E-state index in [-0.39, 0.29) is 24.8 Å². The summed E-state index contributed by atoms with van der Waals surface area (Å²) in [6.07, 6.45) is 3.05. The van der Waals surface area contributed by atoms with Gasteiger partial charge >= 0.3 is 0 Å². The zero-order valence-corrected chi connectivity index (χ0v) is 16.0. The topological polar surface area (TPSA) is 44.7 Å². The average Bonchev–Trinajstić information content (AvgIpc) is 2.59. The van der Waals surface area contributed by atoms with Crippen LogP contribution < -0.4 is 5.32 Å². The number of benzene rings is 1. The van der Waals surface area contributed by atoms with E-state index in [1.807, 2.05) is 6.07 Å². The van der Waals surface area contributed by atoms with E-state index in [2.05, 4.69) is 29.3 Å². The van der Waals surface area contributed by atoms with Gasteiger partial charge in [0, 0.05) is 51.0 Å². The molecule has 1 aromatic rings. The highest BCUT2D eigenvalue weighted by Gasteiger charge is 2.33. The molecule has 0 saturated carbocycles. The van der Waals surface area contributed by atoms with Gasteiger partial charge in [0.1, 0.15) is 5.75 Å². The summed E-state index contributed by atoms with van der Waals surface area (Å²) in [6, 6.07) is 6.58. The number of piperazine rings is 1. The molecule has 0 aromatic heterocycles. The van der Waals surface area contributed by atoms with Crippen LogP contribution in [0.25, 0.3) is 0 Å². The van der Waals surface area contributed by atoms with Crippen LogP contribution in [0.2, 0.25) is 0 Å². The molecule has 0 aliphatic carbocycles. The fraction of sp³-hybridized carbons (Fsp3) is 0.667. The predicted molar refractivity (Wildman–Crippen MR) is 103 cm³/mol. The Balaban J connectivity index is 0.00000144. The quantitative estimate of drug-likeness (QED) is 0.846. The molecule has 6 heteroatoms. The molecule has 2 heterocycles. The molecular formula is C18H30Cl2N2O2. The van der Waals surface area contributed by atoms with Crippen molar-refractivity contribution >= 4 is 24.8 Å². The monoisotopic (exact) mass is 376 g/mol. The number of ether oxygens (including phenoxy) is 1. The third kappa shape index (κ3) is 4.77. The maximum atomic E-state index is 10.7. The van der Waals surface area contributed by atoms with E-state index in [9.17, 15) is 5.11 Å². The predicted octanol–water partition coefficient (Wildman–Crippen LogP) is 3.17. The lowest BCUT2D eigenvalue weighted by Gasteiger charge is -2.41. The molecule has 0 spiro atoms. The molecule has 1 atom stereocenters. The normalized spacial score (nSPS) is 20.7. The van der Waals surface area contributed by atoms with Crippen molar-refractivity contribution in [1.29, 1.82) is 0 Å². The summed E-state index contributed by atoms with van der Waals surface area (Å²) in [5, 5.41) is 14.2. The molecule has 24 heavy (non-hydrogen) atoms. The van der Waals surface area contributed by atoms with E-state index < -0.39 is 0 Å². The van der Waals surface area contributed by atoms with Crippen LogP contribution >= 0.6 is 24.8 Å². The van der Waals surface area contributed by atoms with E-state index in [0.29, 0.717) is 17.7 Å². The number of nitrogens with one attached hydrogen (secondary N) is 1. The molecule has 138 valence electrons. The number of phenols is 1. The molecule has 0 bridgehead atoms. The van der Waals surface area contributed by atoms with Crippen molar-refractivity contribution in [1.82, 2.24) is 10.2 Å². The zero-order chi connectivity index (χ0) is 15.4. The van der Waals surface area contributed by atoms with Crippen LogP contribution in [0, 0.1) is 5.92 Å². The van der Waals surface area contributed by atoms with Crippen LogP contribution in [-0.2, 0) is 11.2 Å². The summed E-state index contributed by atoms with van der Waals surface area (Å²) >= 11 is 0. The first-order valence-electron chi connectivity index (χ1n) is 8.64. The summed E-state index contributed by atoms with van der Waals surface area (Å²) in [6.45, 7) is 7.98. The minimum Gasteiger partial charge on any atom is -0.507 e. The highest BCUT2D eigenvalue weighted by molar-refractivity contribution is 5.85. The van der Waals surface area contributed by atoms with Crippen LogP contribution in [-0.4, -0.2) is 49.4 Å². The highest BCUT2D eigenvalue weighted by atomic mass is 35.5. The van der Waals surface area contributed by atoms with Gasteiger partial charge in [0.15, 0.2) is 0 Å². The van der Waals surface area contributed by atoms with E-state index in [1.165, 1.54) is 0 Å². The third-order valence-electron chi connectivity index (χ3n) is 5.11. The molecule has 4 nitrogen and oxygen atoms in total. The second kappa shape index (κ2) is 10.5. The SMILES string of the molecule is CCc1cccc([C@H](C2CCOCC2)N2CCNCC2)c1O.Cl.Cl. The first-order valence-corrected chi connectivity index (χ1v) is 8.64. The average molecular weight is 377 g/mol. The Bertz CT molecular complexity index is 472. The third-order valence-corrected chi connectivity index (χ3v) is 5.11. The van der Waals surface area contributed by atoms with Gasteiger partial charge in [-0.05, 0) is 30.7 Å². The molecule has 0 unspecified atom stereocenters. The standard InChI is InChI=1S/C18H28N2O2.2ClH/c1-2-14-4-3-5-16(18(14)21)17(15-6-12-22-13-7-15)20-10-8-19-9-11-20;;/h3-5,15,17,19,21H,2,6-13H2,1H3;2*1H/t17-;;/m0../s1. The van der Waals surface area contributed by atoms with Gasteiger partial charge in [0.2, 0.25) is 0 Å². The van der Waals surface area contributed by atoms with E-state index in [1.54, 1.807) is 0 Å². The Morgan fingerprint density at radius 3 is 2.50 bits per heavy atom. The molecule has 2 N–H and O–H groups in total. The van der Waals surface area contributed by atoms with E-state index >= 15 is 0 Å². The fourth-order valence-corrected chi connectivity index (χ4v) is 3.88. The van der Waals surface area contributed by atoms with Gasteiger partial charge in [-0.1, -0.05) is 25.1 Å². The molecule has 2 saturated heterocycles. The lowest BCUT2D eigenvalue weighted by atomic mass is 9.84. The maximum Gasteiger partial charge on any atom is 0.123 e. The van der Waals surface area contributed by atoms with Crippen molar-refractivity contribution in [3.8, 4) is 5.75 Å². The van der Waals surface area contributed by atoms with Gasteiger partial charge in [-0.25, -0.2) is 0 Å². The second-order valence-corrected chi connectivity index (χ2v) is 6.39. The Hall–Kier alpha value is -0.520. The van der Waals surface area contributed by atoms with Crippen LogP contribution in [0.3, 0.4) is 0 Å². The largest absolute Gasteiger partial charge is 0.507 e. The first kappa shape index (κ1) is 21.5. The number of aromatic hydroxyl groups is 1. The van der Waals surface area contributed by atoms with Crippen molar-refractivity contribution in [3.05, 3.63) is 29.3 Å². The van der Waals surface area contributed by atoms with Crippen molar-refractivity contribution < 1.29 is 9.84 Å². The van der Waals surface area contributed by atoms with Gasteiger partial charge in [0.25, 0.3) is 0 Å². The molecule has 2 aliphatic heterocycles. The summed E-state index contributed by atoms with van der Waals surface area (Å²) in [7, 11) is 0. The number of hydrogen-bond acceptors (Lipinski definition) is 4. The minimum absolute atomic E-state index is 0. The smallest absolute Gasteiger partial charge is 0.123 e. The van der Waals surface area contributed by atoms with Crippen molar-refractivity contribution in [2.45, 2.75) is 32.2 Å². The Labute approximate surface area is 157 Å². The number of rotatable bonds is 4. The second-order valence-electron chi connectivity index (χ2n) is 6.39. The van der Waals surface area contributed by atoms with Crippen LogP contribution in [0.4, 0.5) is 0 Å². The molecule has 3 rings (SSSR count). The van der Waals surface area contributed by atoms with Crippen molar-refractivity contribution in [2.75, 3.05) is 39.4 Å². The van der Waals surface area contributed by atoms with Gasteiger partial charge in [-0.15, -0.1) is 24.8 Å². The molecular weight excluding hydrogens is 347 g/mol. The Morgan fingerprint density at radius 1 is 1.21 bits per heavy atom. The van der Waals surface area contributed by atoms with Gasteiger partial charge in [-0.3, -0.25) is 4.90 Å². The zero-order valence-electron chi connectivity index (χ0n) is 14.4. The molecule has 1 aromatic carbocycles. The summed E-state index contributed by atoms with van der Waals surface area (Å²) in [5.74, 6) is 1.09. The van der Waals surface area contributed by atoms with Crippen LogP contribution in [0.1, 0.15) is 36.9 Å². The van der Waals surface area contributed by atoms with Crippen molar-refractivity contribution in [3.63, 3.8) is 0 Å². The summed E-state index contributed by atoms with van der Waals surface area (Å²) < 4.78 is 5.55. The van der Waals surface area contributed by atoms with Crippen LogP contribution in [0.5, 0.6) is 5.75 Å². The Morgan fingerprint density at radius 2 is 1.88 bits per heavy atom. The van der Waals surface area contributed by atoms with Gasteiger partial charge in [-0.2, -0.15) is 0 Å². The van der Waals surface area contributed by atoms with Crippen molar-refractivity contribution in [2.24, 2.45) is 5.92 Å². The minimum atomic E-state index is 0. The fourth-order valence-electron chi connectivity index (χ4n) is 3.88. The number of nitrogens with zero attached hydrogens (tertiary/aromatic N) is 1. The molecule has 0 amide bonds. The first-order chi connectivity index (χ1) is 10.8. The number of para-hydroxylation sites is 1. The lowest BCUT2D eigenvalue weighted by molar-refractivity contribution is 0.0206. The number of phenolic OH excluding ortho intramolecular Hbond substituents is 1. The van der Waals surface area contributed by atoms with Gasteiger partial charge < -0.3 is 15.2 Å². The molecule has 0 radical (unpaired) electrons. The number of aryl methyl sites for hydroxylation is 1. The number of hydrogen-bond donors (Lipinski definition) is 2. The number of halogens is 2. The molecule has 2 aliphatic rings. The lowest BCUT2D eigenvalue weighted by Crippen LogP contribution is -2.47. The summed E-state index contributed by atoms with van der Waals surface area (Å²) in [4.78, 5) is 2.56. The highest BCUT2D eigenvalue weighted by Crippen LogP contribution is 2.40. The summed E-state index contributed by atoms with van der Waals surface area (Å²) in [5.41, 5.74) is 2.18. The van der Waals surface area contributed by atoms with Gasteiger partial charge in [0.05, 0.1) is 0 Å². The van der Waals surface area contributed by atoms with E-state index in [4.69, 9.17) is 4.74 Å². The Kier molecular flexibility index (Phi) is 9.39. The molecule has 2 fully saturated rings. The maximum absolute atomic E-state index is 10.7. The van der Waals surface area contributed by atoms with E-state index in [0.717, 1.165) is 69.8 Å².